The van der Waals surface area contributed by atoms with Gasteiger partial charge >= 0.3 is 5.97 Å². The van der Waals surface area contributed by atoms with Gasteiger partial charge in [0.05, 0.1) is 27.1 Å². The zero-order valence-electron chi connectivity index (χ0n) is 14.5. The normalized spacial score (nSPS) is 11.3. The average Bonchev–Trinajstić information content (AvgIpc) is 2.61. The third kappa shape index (κ3) is 5.61. The van der Waals surface area contributed by atoms with Crippen molar-refractivity contribution in [2.45, 2.75) is 25.0 Å². The zero-order chi connectivity index (χ0) is 20.0. The van der Waals surface area contributed by atoms with Crippen molar-refractivity contribution in [2.75, 3.05) is 11.1 Å². The third-order valence-corrected chi connectivity index (χ3v) is 4.77. The maximum absolute atomic E-state index is 12.1. The number of hydrogen-bond acceptors (Lipinski definition) is 6. The predicted molar refractivity (Wildman–Crippen MR) is 103 cm³/mol. The van der Waals surface area contributed by atoms with Crippen molar-refractivity contribution < 1.29 is 14.3 Å². The van der Waals surface area contributed by atoms with Gasteiger partial charge in [-0.3, -0.25) is 14.4 Å². The standard InChI is InChI=1S/C18H16ClN3O4S/c1-10-7-15(23)22-18(12(10)8-20)27-9-16(24)26-11(2)17(25)21-14-6-4-3-5-13(14)19/h3-7,11H,9H2,1-2H3,(H,21,25)(H,22,23)/t11-/m0/s1. The fraction of sp³-hybridized carbons (Fsp3) is 0.222. The molecule has 0 saturated carbocycles. The molecular weight excluding hydrogens is 390 g/mol. The highest BCUT2D eigenvalue weighted by molar-refractivity contribution is 7.99. The van der Waals surface area contributed by atoms with Crippen LogP contribution in [0.5, 0.6) is 0 Å². The molecule has 0 aliphatic heterocycles. The summed E-state index contributed by atoms with van der Waals surface area (Å²) in [6, 6.07) is 9.98. The number of esters is 1. The number of nitrogens with zero attached hydrogens (tertiary/aromatic N) is 1. The smallest absolute Gasteiger partial charge is 0.317 e. The van der Waals surface area contributed by atoms with E-state index in [9.17, 15) is 19.6 Å². The Morgan fingerprint density at radius 1 is 1.41 bits per heavy atom. The van der Waals surface area contributed by atoms with Gasteiger partial charge in [-0.25, -0.2) is 0 Å². The van der Waals surface area contributed by atoms with E-state index in [2.05, 4.69) is 10.3 Å². The number of rotatable bonds is 6. The van der Waals surface area contributed by atoms with Gasteiger partial charge in [-0.2, -0.15) is 5.26 Å². The average molecular weight is 406 g/mol. The molecule has 0 bridgehead atoms. The van der Waals surface area contributed by atoms with Gasteiger partial charge in [0.1, 0.15) is 6.07 Å². The lowest BCUT2D eigenvalue weighted by molar-refractivity contribution is -0.150. The molecule has 0 aliphatic rings. The van der Waals surface area contributed by atoms with Crippen molar-refractivity contribution in [1.29, 1.82) is 5.26 Å². The van der Waals surface area contributed by atoms with Gasteiger partial charge in [-0.05, 0) is 31.5 Å². The topological polar surface area (TPSA) is 112 Å². The van der Waals surface area contributed by atoms with Crippen LogP contribution in [0.3, 0.4) is 0 Å². The molecule has 0 fully saturated rings. The number of halogens is 1. The maximum Gasteiger partial charge on any atom is 0.317 e. The Morgan fingerprint density at radius 3 is 2.78 bits per heavy atom. The Balaban J connectivity index is 1.94. The number of anilines is 1. The number of benzene rings is 1. The van der Waals surface area contributed by atoms with Gasteiger partial charge in [0.15, 0.2) is 6.10 Å². The number of H-pyrrole nitrogens is 1. The summed E-state index contributed by atoms with van der Waals surface area (Å²) in [4.78, 5) is 38.2. The minimum atomic E-state index is -1.04. The number of amides is 1. The molecule has 2 N–H and O–H groups in total. The predicted octanol–water partition coefficient (Wildman–Crippen LogP) is 2.87. The Kier molecular flexibility index (Phi) is 7.05. The van der Waals surface area contributed by atoms with E-state index in [1.807, 2.05) is 6.07 Å². The number of aryl methyl sites for hydroxylation is 1. The van der Waals surface area contributed by atoms with E-state index in [-0.39, 0.29) is 21.9 Å². The van der Waals surface area contributed by atoms with Crippen LogP contribution in [0.2, 0.25) is 5.02 Å². The number of ether oxygens (including phenoxy) is 1. The fourth-order valence-corrected chi connectivity index (χ4v) is 3.16. The molecule has 1 amide bonds. The van der Waals surface area contributed by atoms with Crippen molar-refractivity contribution >= 4 is 40.9 Å². The first-order chi connectivity index (χ1) is 12.8. The van der Waals surface area contributed by atoms with E-state index in [0.29, 0.717) is 16.3 Å². The third-order valence-electron chi connectivity index (χ3n) is 3.46. The van der Waals surface area contributed by atoms with E-state index < -0.39 is 18.0 Å². The van der Waals surface area contributed by atoms with Crippen molar-refractivity contribution in [3.8, 4) is 6.07 Å². The molecular formula is C18H16ClN3O4S. The molecule has 0 saturated heterocycles. The highest BCUT2D eigenvalue weighted by Gasteiger charge is 2.19. The Labute approximate surface area is 164 Å². The molecule has 0 spiro atoms. The molecule has 9 heteroatoms. The molecule has 1 aromatic heterocycles. The first-order valence-electron chi connectivity index (χ1n) is 7.83. The SMILES string of the molecule is Cc1cc(=O)[nH]c(SCC(=O)O[C@@H](C)C(=O)Nc2ccccc2Cl)c1C#N. The molecule has 27 heavy (non-hydrogen) atoms. The van der Waals surface area contributed by atoms with Crippen LogP contribution < -0.4 is 10.9 Å². The quantitative estimate of drug-likeness (QED) is 0.564. The van der Waals surface area contributed by atoms with Crippen molar-refractivity contribution in [1.82, 2.24) is 4.98 Å². The Bertz CT molecular complexity index is 968. The van der Waals surface area contributed by atoms with Gasteiger partial charge in [0, 0.05) is 6.07 Å². The van der Waals surface area contributed by atoms with Crippen molar-refractivity contribution in [3.05, 3.63) is 56.8 Å². The van der Waals surface area contributed by atoms with Gasteiger partial charge < -0.3 is 15.0 Å². The van der Waals surface area contributed by atoms with Crippen LogP contribution in [0, 0.1) is 18.3 Å². The maximum atomic E-state index is 12.1. The number of hydrogen-bond donors (Lipinski definition) is 2. The number of aromatic nitrogens is 1. The summed E-state index contributed by atoms with van der Waals surface area (Å²) in [6.45, 7) is 3.07. The van der Waals surface area contributed by atoms with Crippen LogP contribution in [0.15, 0.2) is 40.2 Å². The summed E-state index contributed by atoms with van der Waals surface area (Å²) in [5.41, 5.74) is 0.855. The molecule has 140 valence electrons. The molecule has 0 aliphatic carbocycles. The van der Waals surface area contributed by atoms with Crippen LogP contribution in [-0.2, 0) is 14.3 Å². The second-order valence-corrected chi connectivity index (χ2v) is 6.92. The summed E-state index contributed by atoms with van der Waals surface area (Å²) in [5.74, 6) is -1.35. The molecule has 1 aromatic carbocycles. The number of carbonyl (C=O) groups is 2. The number of nitriles is 1. The highest BCUT2D eigenvalue weighted by atomic mass is 35.5. The highest BCUT2D eigenvalue weighted by Crippen LogP contribution is 2.22. The second-order valence-electron chi connectivity index (χ2n) is 5.52. The first-order valence-corrected chi connectivity index (χ1v) is 9.20. The number of thioether (sulfide) groups is 1. The number of nitrogens with one attached hydrogen (secondary N) is 2. The minimum absolute atomic E-state index is 0.169. The van der Waals surface area contributed by atoms with E-state index in [4.69, 9.17) is 16.3 Å². The van der Waals surface area contributed by atoms with Gasteiger partial charge in [0.25, 0.3) is 5.91 Å². The lowest BCUT2D eigenvalue weighted by Gasteiger charge is -2.14. The monoisotopic (exact) mass is 405 g/mol. The first kappa shape index (κ1) is 20.6. The van der Waals surface area contributed by atoms with Crippen LogP contribution in [0.1, 0.15) is 18.1 Å². The van der Waals surface area contributed by atoms with Gasteiger partial charge in [0.2, 0.25) is 5.56 Å². The van der Waals surface area contributed by atoms with E-state index in [0.717, 1.165) is 11.8 Å². The molecule has 7 nitrogen and oxygen atoms in total. The van der Waals surface area contributed by atoms with Crippen molar-refractivity contribution in [3.63, 3.8) is 0 Å². The number of aromatic amines is 1. The molecule has 1 heterocycles. The van der Waals surface area contributed by atoms with E-state index in [1.165, 1.54) is 13.0 Å². The molecule has 2 aromatic rings. The fourth-order valence-electron chi connectivity index (χ4n) is 2.12. The summed E-state index contributed by atoms with van der Waals surface area (Å²) >= 11 is 6.93. The van der Waals surface area contributed by atoms with Crippen LogP contribution >= 0.6 is 23.4 Å². The summed E-state index contributed by atoms with van der Waals surface area (Å²) < 4.78 is 5.09. The Hall–Kier alpha value is -2.76. The lowest BCUT2D eigenvalue weighted by atomic mass is 10.2. The largest absolute Gasteiger partial charge is 0.452 e. The summed E-state index contributed by atoms with van der Waals surface area (Å²) in [7, 11) is 0. The van der Waals surface area contributed by atoms with E-state index >= 15 is 0 Å². The van der Waals surface area contributed by atoms with Gasteiger partial charge in [-0.1, -0.05) is 35.5 Å². The van der Waals surface area contributed by atoms with Crippen LogP contribution in [0.4, 0.5) is 5.69 Å². The van der Waals surface area contributed by atoms with E-state index in [1.54, 1.807) is 31.2 Å². The van der Waals surface area contributed by atoms with Crippen molar-refractivity contribution in [2.24, 2.45) is 0 Å². The summed E-state index contributed by atoms with van der Waals surface area (Å²) in [6.07, 6.45) is -1.04. The molecule has 1 atom stereocenters. The van der Waals surface area contributed by atoms with Crippen LogP contribution in [-0.4, -0.2) is 28.7 Å². The molecule has 0 radical (unpaired) electrons. The zero-order valence-corrected chi connectivity index (χ0v) is 16.1. The number of para-hydroxylation sites is 1. The Morgan fingerprint density at radius 2 is 2.11 bits per heavy atom. The second kappa shape index (κ2) is 9.26. The number of pyridine rings is 1. The molecule has 2 rings (SSSR count). The summed E-state index contributed by atoms with van der Waals surface area (Å²) in [5, 5.41) is 12.4. The van der Waals surface area contributed by atoms with Crippen LogP contribution in [0.25, 0.3) is 0 Å². The lowest BCUT2D eigenvalue weighted by Crippen LogP contribution is -2.30. The molecule has 0 unspecified atom stereocenters. The van der Waals surface area contributed by atoms with Gasteiger partial charge in [-0.15, -0.1) is 0 Å². The minimum Gasteiger partial charge on any atom is -0.452 e. The number of carbonyl (C=O) groups excluding carboxylic acids is 2.